The Labute approximate surface area is 60.6 Å². The third-order valence-electron chi connectivity index (χ3n) is 0.793. The Kier molecular flexibility index (Phi) is 5.53. The van der Waals surface area contributed by atoms with E-state index in [9.17, 15) is 4.79 Å². The van der Waals surface area contributed by atoms with Crippen molar-refractivity contribution in [1.29, 1.82) is 0 Å². The summed E-state index contributed by atoms with van der Waals surface area (Å²) in [6.45, 7) is 4.68. The summed E-state index contributed by atoms with van der Waals surface area (Å²) in [6, 6.07) is 0. The first kappa shape index (κ1) is 9.01. The summed E-state index contributed by atoms with van der Waals surface area (Å²) in [5.74, 6) is 0.240. The van der Waals surface area contributed by atoms with Gasteiger partial charge in [0.15, 0.2) is 12.0 Å². The molecule has 0 aliphatic carbocycles. The second-order valence-electron chi connectivity index (χ2n) is 1.53. The van der Waals surface area contributed by atoms with E-state index in [4.69, 9.17) is 9.47 Å². The zero-order valence-corrected chi connectivity index (χ0v) is 6.29. The third kappa shape index (κ3) is 3.95. The number of rotatable bonds is 5. The van der Waals surface area contributed by atoms with E-state index in [0.29, 0.717) is 19.5 Å². The van der Waals surface area contributed by atoms with Crippen molar-refractivity contribution in [2.24, 2.45) is 0 Å². The number of aldehydes is 1. The van der Waals surface area contributed by atoms with Crippen LogP contribution in [-0.2, 0) is 14.3 Å². The maximum atomic E-state index is 10.1. The fourth-order valence-electron chi connectivity index (χ4n) is 0.428. The molecule has 0 aliphatic heterocycles. The van der Waals surface area contributed by atoms with Gasteiger partial charge in [0.25, 0.3) is 0 Å². The van der Waals surface area contributed by atoms with E-state index < -0.39 is 0 Å². The molecule has 10 heavy (non-hydrogen) atoms. The van der Waals surface area contributed by atoms with Gasteiger partial charge in [0.2, 0.25) is 0 Å². The van der Waals surface area contributed by atoms with Crippen molar-refractivity contribution in [3.63, 3.8) is 0 Å². The summed E-state index contributed by atoms with van der Waals surface area (Å²) in [5, 5.41) is 0. The van der Waals surface area contributed by atoms with Crippen molar-refractivity contribution in [2.45, 2.75) is 13.8 Å². The van der Waals surface area contributed by atoms with Crippen LogP contribution < -0.4 is 0 Å². The van der Waals surface area contributed by atoms with Crippen LogP contribution in [0.5, 0.6) is 0 Å². The molecule has 0 saturated carbocycles. The Morgan fingerprint density at radius 1 is 1.40 bits per heavy atom. The molecule has 3 heteroatoms. The van der Waals surface area contributed by atoms with Gasteiger partial charge in [0, 0.05) is 0 Å². The van der Waals surface area contributed by atoms with E-state index in [1.165, 1.54) is 6.26 Å². The van der Waals surface area contributed by atoms with Crippen LogP contribution in [0.1, 0.15) is 13.8 Å². The van der Waals surface area contributed by atoms with Crippen molar-refractivity contribution in [2.75, 3.05) is 13.2 Å². The van der Waals surface area contributed by atoms with Crippen molar-refractivity contribution in [3.8, 4) is 0 Å². The zero-order valence-electron chi connectivity index (χ0n) is 6.29. The lowest BCUT2D eigenvalue weighted by molar-refractivity contribution is -0.108. The minimum absolute atomic E-state index is 0.240. The lowest BCUT2D eigenvalue weighted by atomic mass is 10.6. The molecule has 0 saturated heterocycles. The molecule has 0 aromatic rings. The molecule has 0 N–H and O–H groups in total. The molecule has 0 unspecified atom stereocenters. The van der Waals surface area contributed by atoms with Crippen LogP contribution in [0.3, 0.4) is 0 Å². The SMILES string of the molecule is CCO/C=C(/C=O)OCC. The smallest absolute Gasteiger partial charge is 0.193 e. The van der Waals surface area contributed by atoms with Crippen LogP contribution in [-0.4, -0.2) is 19.5 Å². The van der Waals surface area contributed by atoms with E-state index in [1.54, 1.807) is 0 Å². The summed E-state index contributed by atoms with van der Waals surface area (Å²) in [5.41, 5.74) is 0. The first-order chi connectivity index (χ1) is 4.85. The second kappa shape index (κ2) is 6.13. The number of hydrogen-bond acceptors (Lipinski definition) is 3. The minimum atomic E-state index is 0.240. The summed E-state index contributed by atoms with van der Waals surface area (Å²) in [6.07, 6.45) is 1.94. The fraction of sp³-hybridized carbons (Fsp3) is 0.571. The van der Waals surface area contributed by atoms with Gasteiger partial charge in [-0.3, -0.25) is 4.79 Å². The number of carbonyl (C=O) groups is 1. The molecule has 0 heterocycles. The van der Waals surface area contributed by atoms with E-state index in [0.717, 1.165) is 0 Å². The monoisotopic (exact) mass is 144 g/mol. The standard InChI is InChI=1S/C7H12O3/c1-3-9-6-7(5-8)10-4-2/h5-6H,3-4H2,1-2H3/b7-6-. The Balaban J connectivity index is 3.66. The molecule has 0 radical (unpaired) electrons. The molecule has 0 amide bonds. The molecule has 0 aromatic heterocycles. The lowest BCUT2D eigenvalue weighted by Gasteiger charge is -2.00. The molecule has 58 valence electrons. The number of carbonyl (C=O) groups excluding carboxylic acids is 1. The number of hydrogen-bond donors (Lipinski definition) is 0. The molecular weight excluding hydrogens is 132 g/mol. The van der Waals surface area contributed by atoms with Gasteiger partial charge in [-0.05, 0) is 13.8 Å². The van der Waals surface area contributed by atoms with Gasteiger partial charge in [0.05, 0.1) is 13.2 Å². The Hall–Kier alpha value is -0.990. The molecule has 3 nitrogen and oxygen atoms in total. The molecule has 0 atom stereocenters. The Morgan fingerprint density at radius 2 is 2.10 bits per heavy atom. The quantitative estimate of drug-likeness (QED) is 0.329. The van der Waals surface area contributed by atoms with Crippen molar-refractivity contribution in [1.82, 2.24) is 0 Å². The largest absolute Gasteiger partial charge is 0.497 e. The van der Waals surface area contributed by atoms with Crippen molar-refractivity contribution in [3.05, 3.63) is 12.0 Å². The number of ether oxygens (including phenoxy) is 2. The van der Waals surface area contributed by atoms with E-state index in [2.05, 4.69) is 0 Å². The van der Waals surface area contributed by atoms with Crippen LogP contribution in [0.4, 0.5) is 0 Å². The predicted molar refractivity (Wildman–Crippen MR) is 37.4 cm³/mol. The average molecular weight is 144 g/mol. The maximum Gasteiger partial charge on any atom is 0.193 e. The minimum Gasteiger partial charge on any atom is -0.497 e. The number of allylic oxidation sites excluding steroid dienone is 1. The molecule has 0 rings (SSSR count). The highest BCUT2D eigenvalue weighted by molar-refractivity contribution is 5.69. The highest BCUT2D eigenvalue weighted by Crippen LogP contribution is 1.92. The predicted octanol–water partition coefficient (Wildman–Crippen LogP) is 1.10. The van der Waals surface area contributed by atoms with Crippen LogP contribution in [0.15, 0.2) is 12.0 Å². The summed E-state index contributed by atoms with van der Waals surface area (Å²) >= 11 is 0. The topological polar surface area (TPSA) is 35.5 Å². The summed E-state index contributed by atoms with van der Waals surface area (Å²) in [4.78, 5) is 10.1. The molecular formula is C7H12O3. The van der Waals surface area contributed by atoms with Gasteiger partial charge in [-0.25, -0.2) is 0 Å². The zero-order chi connectivity index (χ0) is 7.82. The highest BCUT2D eigenvalue weighted by Gasteiger charge is 1.91. The molecule has 0 fully saturated rings. The Bertz CT molecular complexity index is 118. The van der Waals surface area contributed by atoms with Gasteiger partial charge in [-0.15, -0.1) is 0 Å². The highest BCUT2D eigenvalue weighted by atomic mass is 16.5. The lowest BCUT2D eigenvalue weighted by Crippen LogP contribution is -1.94. The molecule has 0 aromatic carbocycles. The third-order valence-corrected chi connectivity index (χ3v) is 0.793. The molecule has 0 aliphatic rings. The van der Waals surface area contributed by atoms with Crippen molar-refractivity contribution < 1.29 is 14.3 Å². The Morgan fingerprint density at radius 3 is 2.50 bits per heavy atom. The van der Waals surface area contributed by atoms with Gasteiger partial charge in [0.1, 0.15) is 6.26 Å². The average Bonchev–Trinajstić information content (AvgIpc) is 1.98. The van der Waals surface area contributed by atoms with Crippen LogP contribution in [0.2, 0.25) is 0 Å². The first-order valence-corrected chi connectivity index (χ1v) is 3.24. The second-order valence-corrected chi connectivity index (χ2v) is 1.53. The van der Waals surface area contributed by atoms with Gasteiger partial charge < -0.3 is 9.47 Å². The first-order valence-electron chi connectivity index (χ1n) is 3.24. The van der Waals surface area contributed by atoms with Crippen molar-refractivity contribution >= 4 is 6.29 Å². The van der Waals surface area contributed by atoms with E-state index >= 15 is 0 Å². The van der Waals surface area contributed by atoms with Gasteiger partial charge >= 0.3 is 0 Å². The summed E-state index contributed by atoms with van der Waals surface area (Å²) in [7, 11) is 0. The molecule has 0 spiro atoms. The van der Waals surface area contributed by atoms with Gasteiger partial charge in [-0.2, -0.15) is 0 Å². The van der Waals surface area contributed by atoms with Crippen LogP contribution >= 0.6 is 0 Å². The fourth-order valence-corrected chi connectivity index (χ4v) is 0.428. The maximum absolute atomic E-state index is 10.1. The van der Waals surface area contributed by atoms with E-state index in [1.807, 2.05) is 13.8 Å². The molecule has 0 bridgehead atoms. The normalized spacial score (nSPS) is 10.8. The van der Waals surface area contributed by atoms with Crippen LogP contribution in [0, 0.1) is 0 Å². The van der Waals surface area contributed by atoms with Gasteiger partial charge in [-0.1, -0.05) is 0 Å². The van der Waals surface area contributed by atoms with E-state index in [-0.39, 0.29) is 5.76 Å². The van der Waals surface area contributed by atoms with Crippen LogP contribution in [0.25, 0.3) is 0 Å². The summed E-state index contributed by atoms with van der Waals surface area (Å²) < 4.78 is 9.68.